The second kappa shape index (κ2) is 4.42. The van der Waals surface area contributed by atoms with E-state index in [0.717, 1.165) is 27.9 Å². The number of hydrogen-bond donors (Lipinski definition) is 2. The molecule has 102 valence electrons. The lowest BCUT2D eigenvalue weighted by molar-refractivity contribution is 0.0688. The minimum Gasteiger partial charge on any atom is -0.382 e. The summed E-state index contributed by atoms with van der Waals surface area (Å²) in [6.07, 6.45) is 1.69. The summed E-state index contributed by atoms with van der Waals surface area (Å²) in [7, 11) is 0. The molecule has 4 heteroatoms. The Balaban J connectivity index is 2.24. The normalized spacial score (nSPS) is 12.0. The first-order valence-corrected chi connectivity index (χ1v) is 6.60. The highest BCUT2D eigenvalue weighted by molar-refractivity contribution is 5.96. The maximum atomic E-state index is 10.1. The van der Waals surface area contributed by atoms with Crippen LogP contribution in [0.15, 0.2) is 36.5 Å². The van der Waals surface area contributed by atoms with Gasteiger partial charge >= 0.3 is 0 Å². The molecule has 0 saturated carbocycles. The molecular weight excluding hydrogens is 250 g/mol. The van der Waals surface area contributed by atoms with Gasteiger partial charge in [0.25, 0.3) is 0 Å². The van der Waals surface area contributed by atoms with Gasteiger partial charge in [-0.15, -0.1) is 0 Å². The van der Waals surface area contributed by atoms with Crippen LogP contribution in [-0.4, -0.2) is 20.1 Å². The van der Waals surface area contributed by atoms with Crippen molar-refractivity contribution in [1.29, 1.82) is 0 Å². The highest BCUT2D eigenvalue weighted by atomic mass is 16.3. The van der Waals surface area contributed by atoms with E-state index in [9.17, 15) is 5.11 Å². The highest BCUT2D eigenvalue weighted by Gasteiger charge is 2.21. The largest absolute Gasteiger partial charge is 0.382 e. The molecule has 0 aliphatic carbocycles. The van der Waals surface area contributed by atoms with E-state index in [2.05, 4.69) is 21.0 Å². The van der Waals surface area contributed by atoms with Gasteiger partial charge in [-0.25, -0.2) is 9.97 Å². The molecule has 1 aromatic carbocycles. The lowest BCUT2D eigenvalue weighted by Gasteiger charge is -2.15. The third kappa shape index (κ3) is 2.08. The van der Waals surface area contributed by atoms with Crippen LogP contribution >= 0.6 is 0 Å². The minimum absolute atomic E-state index is 0.430. The second-order valence-electron chi connectivity index (χ2n) is 5.50. The summed E-state index contributed by atoms with van der Waals surface area (Å²) < 4.78 is 0. The van der Waals surface area contributed by atoms with Crippen LogP contribution in [0.3, 0.4) is 0 Å². The van der Waals surface area contributed by atoms with Gasteiger partial charge in [-0.2, -0.15) is 0 Å². The molecule has 0 saturated heterocycles. The molecular formula is C16H17N3O. The molecule has 0 radical (unpaired) electrons. The molecule has 3 aromatic rings. The van der Waals surface area contributed by atoms with Gasteiger partial charge in [0.2, 0.25) is 0 Å². The molecule has 0 aliphatic rings. The number of nitrogens with one attached hydrogen (secondary N) is 1. The van der Waals surface area contributed by atoms with E-state index in [1.807, 2.05) is 31.2 Å². The first kappa shape index (κ1) is 12.8. The fourth-order valence-corrected chi connectivity index (χ4v) is 2.40. The van der Waals surface area contributed by atoms with Crippen LogP contribution in [0.2, 0.25) is 0 Å². The summed E-state index contributed by atoms with van der Waals surface area (Å²) in [5.74, 6) is 0.430. The van der Waals surface area contributed by atoms with Crippen LogP contribution in [0.5, 0.6) is 0 Å². The van der Waals surface area contributed by atoms with Crippen molar-refractivity contribution in [3.8, 4) is 11.3 Å². The number of H-pyrrole nitrogens is 1. The molecule has 0 amide bonds. The van der Waals surface area contributed by atoms with Gasteiger partial charge < -0.3 is 10.1 Å². The highest BCUT2D eigenvalue weighted by Crippen LogP contribution is 2.31. The van der Waals surface area contributed by atoms with E-state index in [1.54, 1.807) is 20.0 Å². The molecule has 20 heavy (non-hydrogen) atoms. The van der Waals surface area contributed by atoms with Crippen molar-refractivity contribution >= 4 is 10.9 Å². The fourth-order valence-electron chi connectivity index (χ4n) is 2.40. The SMILES string of the molecule is Cc1[nH]c2ccccc2c1-c1ccnc(C(C)(C)O)n1. The van der Waals surface area contributed by atoms with Gasteiger partial charge in [-0.05, 0) is 32.9 Å². The quantitative estimate of drug-likeness (QED) is 0.749. The Morgan fingerprint density at radius 1 is 1.15 bits per heavy atom. The number of hydrogen-bond acceptors (Lipinski definition) is 3. The third-order valence-electron chi connectivity index (χ3n) is 3.35. The topological polar surface area (TPSA) is 61.8 Å². The van der Waals surface area contributed by atoms with Gasteiger partial charge in [-0.1, -0.05) is 18.2 Å². The number of aromatic nitrogens is 3. The maximum Gasteiger partial charge on any atom is 0.160 e. The first-order chi connectivity index (χ1) is 9.47. The van der Waals surface area contributed by atoms with Crippen molar-refractivity contribution in [1.82, 2.24) is 15.0 Å². The zero-order valence-corrected chi connectivity index (χ0v) is 11.8. The minimum atomic E-state index is -1.05. The van der Waals surface area contributed by atoms with Crippen molar-refractivity contribution in [2.45, 2.75) is 26.4 Å². The van der Waals surface area contributed by atoms with Crippen molar-refractivity contribution in [3.05, 3.63) is 48.0 Å². The standard InChI is InChI=1S/C16H17N3O/c1-10-14(11-6-4-5-7-12(11)18-10)13-8-9-17-15(19-13)16(2,3)20/h4-9,18,20H,1-3H3. The summed E-state index contributed by atoms with van der Waals surface area (Å²) in [6, 6.07) is 10.0. The Morgan fingerprint density at radius 3 is 2.65 bits per heavy atom. The van der Waals surface area contributed by atoms with Crippen LogP contribution in [0.4, 0.5) is 0 Å². The summed E-state index contributed by atoms with van der Waals surface area (Å²) in [6.45, 7) is 5.41. The molecule has 2 heterocycles. The first-order valence-electron chi connectivity index (χ1n) is 6.60. The van der Waals surface area contributed by atoms with Crippen LogP contribution in [0.1, 0.15) is 25.4 Å². The number of aromatic amines is 1. The van der Waals surface area contributed by atoms with Crippen LogP contribution in [-0.2, 0) is 5.60 Å². The molecule has 2 aromatic heterocycles. The van der Waals surface area contributed by atoms with Crippen LogP contribution < -0.4 is 0 Å². The van der Waals surface area contributed by atoms with E-state index in [-0.39, 0.29) is 0 Å². The summed E-state index contributed by atoms with van der Waals surface area (Å²) in [4.78, 5) is 12.0. The smallest absolute Gasteiger partial charge is 0.160 e. The molecule has 0 unspecified atom stereocenters. The number of fused-ring (bicyclic) bond motifs is 1. The van der Waals surface area contributed by atoms with E-state index < -0.39 is 5.60 Å². The monoisotopic (exact) mass is 267 g/mol. The molecule has 0 spiro atoms. The molecule has 0 aliphatic heterocycles. The molecule has 3 rings (SSSR count). The Hall–Kier alpha value is -2.20. The van der Waals surface area contributed by atoms with Gasteiger partial charge in [0, 0.05) is 28.4 Å². The molecule has 2 N–H and O–H groups in total. The van der Waals surface area contributed by atoms with Crippen LogP contribution in [0, 0.1) is 6.92 Å². The van der Waals surface area contributed by atoms with Crippen molar-refractivity contribution in [2.24, 2.45) is 0 Å². The molecule has 0 bridgehead atoms. The number of aryl methyl sites for hydroxylation is 1. The lowest BCUT2D eigenvalue weighted by Crippen LogP contribution is -2.19. The van der Waals surface area contributed by atoms with E-state index in [4.69, 9.17) is 0 Å². The van der Waals surface area contributed by atoms with Gasteiger partial charge in [0.15, 0.2) is 5.82 Å². The molecule has 0 fully saturated rings. The predicted octanol–water partition coefficient (Wildman–Crippen LogP) is 3.16. The molecule has 4 nitrogen and oxygen atoms in total. The van der Waals surface area contributed by atoms with Crippen LogP contribution in [0.25, 0.3) is 22.2 Å². The van der Waals surface area contributed by atoms with Gasteiger partial charge in [0.05, 0.1) is 5.69 Å². The summed E-state index contributed by atoms with van der Waals surface area (Å²) in [5, 5.41) is 11.2. The zero-order chi connectivity index (χ0) is 14.3. The number of benzene rings is 1. The second-order valence-corrected chi connectivity index (χ2v) is 5.50. The van der Waals surface area contributed by atoms with E-state index >= 15 is 0 Å². The van der Waals surface area contributed by atoms with E-state index in [0.29, 0.717) is 5.82 Å². The van der Waals surface area contributed by atoms with Crippen molar-refractivity contribution < 1.29 is 5.11 Å². The van der Waals surface area contributed by atoms with Gasteiger partial charge in [-0.3, -0.25) is 0 Å². The Bertz CT molecular complexity index is 769. The number of nitrogens with zero attached hydrogens (tertiary/aromatic N) is 2. The summed E-state index contributed by atoms with van der Waals surface area (Å²) in [5.41, 5.74) is 2.99. The Kier molecular flexibility index (Phi) is 2.83. The maximum absolute atomic E-state index is 10.1. The zero-order valence-electron chi connectivity index (χ0n) is 11.8. The fraction of sp³-hybridized carbons (Fsp3) is 0.250. The summed E-state index contributed by atoms with van der Waals surface area (Å²) >= 11 is 0. The number of rotatable bonds is 2. The van der Waals surface area contributed by atoms with Crippen molar-refractivity contribution in [3.63, 3.8) is 0 Å². The van der Waals surface area contributed by atoms with Crippen molar-refractivity contribution in [2.75, 3.05) is 0 Å². The average molecular weight is 267 g/mol. The van der Waals surface area contributed by atoms with Gasteiger partial charge in [0.1, 0.15) is 5.60 Å². The predicted molar refractivity (Wildman–Crippen MR) is 79.3 cm³/mol. The Labute approximate surface area is 117 Å². The third-order valence-corrected chi connectivity index (χ3v) is 3.35. The molecule has 0 atom stereocenters. The lowest BCUT2D eigenvalue weighted by atomic mass is 10.1. The number of para-hydroxylation sites is 1. The Morgan fingerprint density at radius 2 is 1.90 bits per heavy atom. The number of aliphatic hydroxyl groups is 1. The average Bonchev–Trinajstić information content (AvgIpc) is 2.73. The van der Waals surface area contributed by atoms with E-state index in [1.165, 1.54) is 0 Å².